The van der Waals surface area contributed by atoms with Crippen LogP contribution in [0, 0.1) is 17.5 Å². The van der Waals surface area contributed by atoms with Crippen molar-refractivity contribution in [2.24, 2.45) is 0 Å². The number of fused-ring (bicyclic) bond motifs is 1. The number of carbonyl (C=O) groups excluding carboxylic acids is 1. The average Bonchev–Trinajstić information content (AvgIpc) is 2.69. The number of rotatable bonds is 4. The summed E-state index contributed by atoms with van der Waals surface area (Å²) in [6, 6.07) is 5.19. The smallest absolute Gasteiger partial charge is 0.224 e. The van der Waals surface area contributed by atoms with Gasteiger partial charge in [0.2, 0.25) is 5.91 Å². The van der Waals surface area contributed by atoms with Crippen LogP contribution in [-0.4, -0.2) is 29.7 Å². The molecule has 2 heterocycles. The minimum absolute atomic E-state index is 0.00100. The number of hydrogen-bond acceptors (Lipinski definition) is 3. The summed E-state index contributed by atoms with van der Waals surface area (Å²) in [5, 5.41) is 13.6. The number of carbonyl (C=O) groups is 1. The van der Waals surface area contributed by atoms with Crippen molar-refractivity contribution in [3.8, 4) is 0 Å². The second-order valence-electron chi connectivity index (χ2n) is 8.04. The van der Waals surface area contributed by atoms with E-state index in [0.717, 1.165) is 23.3 Å². The van der Waals surface area contributed by atoms with Crippen LogP contribution in [0.25, 0.3) is 0 Å². The topological polar surface area (TPSA) is 52.6 Å². The second kappa shape index (κ2) is 8.12. The van der Waals surface area contributed by atoms with Crippen LogP contribution in [0.5, 0.6) is 0 Å². The van der Waals surface area contributed by atoms with Crippen molar-refractivity contribution < 1.29 is 23.1 Å². The van der Waals surface area contributed by atoms with E-state index >= 15 is 0 Å². The zero-order valence-electron chi connectivity index (χ0n) is 16.3. The normalized spacial score (nSPS) is 18.2. The third kappa shape index (κ3) is 4.14. The molecule has 0 radical (unpaired) electrons. The van der Waals surface area contributed by atoms with Crippen LogP contribution in [0.1, 0.15) is 36.8 Å². The number of hydrogen-bond donors (Lipinski definition) is 2. The summed E-state index contributed by atoms with van der Waals surface area (Å²) in [6.07, 6.45) is 2.46. The predicted octanol–water partition coefficient (Wildman–Crippen LogP) is 4.61. The number of nitrogens with zero attached hydrogens (tertiary/aromatic N) is 1. The van der Waals surface area contributed by atoms with Crippen LogP contribution >= 0.6 is 11.6 Å². The molecule has 0 atom stereocenters. The first kappa shape index (κ1) is 21.0. The Hall–Kier alpha value is -2.25. The number of halogens is 4. The van der Waals surface area contributed by atoms with Gasteiger partial charge in [0.05, 0.1) is 11.3 Å². The van der Waals surface area contributed by atoms with E-state index in [1.165, 1.54) is 6.07 Å². The van der Waals surface area contributed by atoms with Gasteiger partial charge in [-0.2, -0.15) is 0 Å². The highest BCUT2D eigenvalue weighted by Gasteiger charge is 2.34. The molecule has 0 aromatic heterocycles. The monoisotopic (exact) mass is 438 g/mol. The lowest BCUT2D eigenvalue weighted by Crippen LogP contribution is -2.45. The van der Waals surface area contributed by atoms with E-state index in [1.807, 2.05) is 0 Å². The SMILES string of the molecule is O=C1CCc2c(CCC3(O)CCN(c4c(F)cc(Cl)cc4F)CC3)ccc(F)c2N1. The first-order valence-electron chi connectivity index (χ1n) is 9.98. The molecule has 1 fully saturated rings. The molecule has 1 amide bonds. The van der Waals surface area contributed by atoms with Crippen molar-refractivity contribution in [3.63, 3.8) is 0 Å². The van der Waals surface area contributed by atoms with Crippen molar-refractivity contribution in [2.75, 3.05) is 23.3 Å². The minimum atomic E-state index is -0.977. The molecular weight excluding hydrogens is 417 g/mol. The van der Waals surface area contributed by atoms with E-state index in [1.54, 1.807) is 11.0 Å². The van der Waals surface area contributed by atoms with Gasteiger partial charge in [-0.15, -0.1) is 0 Å². The zero-order chi connectivity index (χ0) is 21.5. The Morgan fingerprint density at radius 1 is 1.07 bits per heavy atom. The molecule has 4 nitrogen and oxygen atoms in total. The summed E-state index contributed by atoms with van der Waals surface area (Å²) in [6.45, 7) is 0.618. The Balaban J connectivity index is 1.43. The number of benzene rings is 2. The molecule has 30 heavy (non-hydrogen) atoms. The van der Waals surface area contributed by atoms with Gasteiger partial charge in [-0.05, 0) is 61.4 Å². The van der Waals surface area contributed by atoms with Crippen LogP contribution in [0.15, 0.2) is 24.3 Å². The standard InChI is InChI=1S/C22H22ClF3N2O2/c23-14-11-17(25)21(18(26)12-14)28-9-7-22(30,8-10-28)6-5-13-1-3-16(24)20-15(13)2-4-19(29)27-20/h1,3,11-12,30H,2,4-10H2,(H,27,29). The Labute approximate surface area is 177 Å². The summed E-state index contributed by atoms with van der Waals surface area (Å²) in [7, 11) is 0. The molecular formula is C22H22ClF3N2O2. The maximum absolute atomic E-state index is 14.2. The largest absolute Gasteiger partial charge is 0.390 e. The zero-order valence-corrected chi connectivity index (χ0v) is 17.0. The molecule has 0 aliphatic carbocycles. The van der Waals surface area contributed by atoms with Crippen molar-refractivity contribution in [3.05, 3.63) is 57.9 Å². The third-order valence-electron chi connectivity index (χ3n) is 6.08. The van der Waals surface area contributed by atoms with Gasteiger partial charge < -0.3 is 15.3 Å². The van der Waals surface area contributed by atoms with Gasteiger partial charge in [0, 0.05) is 24.5 Å². The summed E-state index contributed by atoms with van der Waals surface area (Å²) < 4.78 is 42.4. The molecule has 2 aromatic rings. The Bertz CT molecular complexity index is 968. The van der Waals surface area contributed by atoms with E-state index in [9.17, 15) is 23.1 Å². The highest BCUT2D eigenvalue weighted by atomic mass is 35.5. The van der Waals surface area contributed by atoms with Crippen LogP contribution in [-0.2, 0) is 17.6 Å². The van der Waals surface area contributed by atoms with Crippen LogP contribution < -0.4 is 10.2 Å². The summed E-state index contributed by atoms with van der Waals surface area (Å²) in [5.74, 6) is -2.09. The third-order valence-corrected chi connectivity index (χ3v) is 6.30. The number of anilines is 2. The van der Waals surface area contributed by atoms with E-state index in [2.05, 4.69) is 5.32 Å². The van der Waals surface area contributed by atoms with Crippen LogP contribution in [0.2, 0.25) is 5.02 Å². The molecule has 2 N–H and O–H groups in total. The number of nitrogens with one attached hydrogen (secondary N) is 1. The van der Waals surface area contributed by atoms with E-state index < -0.39 is 23.1 Å². The molecule has 0 saturated carbocycles. The van der Waals surface area contributed by atoms with Gasteiger partial charge in [0.25, 0.3) is 0 Å². The molecule has 2 aromatic carbocycles. The van der Waals surface area contributed by atoms with Gasteiger partial charge in [-0.3, -0.25) is 4.79 Å². The first-order valence-corrected chi connectivity index (χ1v) is 10.4. The molecule has 160 valence electrons. The molecule has 4 rings (SSSR count). The van der Waals surface area contributed by atoms with Crippen molar-refractivity contribution >= 4 is 28.9 Å². The Morgan fingerprint density at radius 2 is 1.73 bits per heavy atom. The average molecular weight is 439 g/mol. The highest BCUT2D eigenvalue weighted by Crippen LogP contribution is 2.35. The van der Waals surface area contributed by atoms with E-state index in [-0.39, 0.29) is 22.3 Å². The minimum Gasteiger partial charge on any atom is -0.390 e. The van der Waals surface area contributed by atoms with Crippen LogP contribution in [0.4, 0.5) is 24.5 Å². The molecule has 0 unspecified atom stereocenters. The quantitative estimate of drug-likeness (QED) is 0.733. The summed E-state index contributed by atoms with van der Waals surface area (Å²) in [4.78, 5) is 13.2. The number of aliphatic hydroxyl groups is 1. The first-order chi connectivity index (χ1) is 14.3. The van der Waals surface area contributed by atoms with Gasteiger partial charge >= 0.3 is 0 Å². The second-order valence-corrected chi connectivity index (χ2v) is 8.47. The van der Waals surface area contributed by atoms with Gasteiger partial charge in [-0.25, -0.2) is 13.2 Å². The molecule has 1 saturated heterocycles. The lowest BCUT2D eigenvalue weighted by atomic mass is 9.84. The van der Waals surface area contributed by atoms with E-state index in [0.29, 0.717) is 51.6 Å². The maximum Gasteiger partial charge on any atom is 0.224 e. The van der Waals surface area contributed by atoms with Crippen molar-refractivity contribution in [1.82, 2.24) is 0 Å². The lowest BCUT2D eigenvalue weighted by molar-refractivity contribution is -0.116. The van der Waals surface area contributed by atoms with Gasteiger partial charge in [0.15, 0.2) is 11.6 Å². The summed E-state index contributed by atoms with van der Waals surface area (Å²) >= 11 is 5.69. The van der Waals surface area contributed by atoms with Gasteiger partial charge in [0.1, 0.15) is 11.5 Å². The number of piperidine rings is 1. The fourth-order valence-electron chi connectivity index (χ4n) is 4.36. The molecule has 8 heteroatoms. The van der Waals surface area contributed by atoms with Crippen molar-refractivity contribution in [2.45, 2.75) is 44.1 Å². The van der Waals surface area contributed by atoms with Crippen LogP contribution in [0.3, 0.4) is 0 Å². The number of aryl methyl sites for hydroxylation is 1. The fourth-order valence-corrected chi connectivity index (χ4v) is 4.55. The summed E-state index contributed by atoms with van der Waals surface area (Å²) in [5.41, 5.74) is 0.816. The Kier molecular flexibility index (Phi) is 5.68. The van der Waals surface area contributed by atoms with Gasteiger partial charge in [-0.1, -0.05) is 17.7 Å². The highest BCUT2D eigenvalue weighted by molar-refractivity contribution is 6.30. The molecule has 0 spiro atoms. The molecule has 2 aliphatic heterocycles. The van der Waals surface area contributed by atoms with Crippen molar-refractivity contribution in [1.29, 1.82) is 0 Å². The lowest BCUT2D eigenvalue weighted by Gasteiger charge is -2.39. The molecule has 2 aliphatic rings. The fraction of sp³-hybridized carbons (Fsp3) is 0.409. The Morgan fingerprint density at radius 3 is 2.40 bits per heavy atom. The predicted molar refractivity (Wildman–Crippen MR) is 109 cm³/mol. The van der Waals surface area contributed by atoms with E-state index in [4.69, 9.17) is 11.6 Å². The molecule has 0 bridgehead atoms. The maximum atomic E-state index is 14.2. The number of amides is 1.